The van der Waals surface area contributed by atoms with E-state index >= 15 is 0 Å². The van der Waals surface area contributed by atoms with Gasteiger partial charge in [0.15, 0.2) is 23.0 Å². The van der Waals surface area contributed by atoms with Crippen molar-refractivity contribution in [2.45, 2.75) is 32.9 Å². The monoisotopic (exact) mass is 619 g/mol. The van der Waals surface area contributed by atoms with Gasteiger partial charge in [-0.3, -0.25) is 9.89 Å². The number of phenols is 1. The van der Waals surface area contributed by atoms with Gasteiger partial charge in [0.1, 0.15) is 23.7 Å². The van der Waals surface area contributed by atoms with Crippen LogP contribution in [0.2, 0.25) is 0 Å². The minimum Gasteiger partial charge on any atom is -0.507 e. The first-order chi connectivity index (χ1) is 22.3. The molecular formula is C37H37N3O6. The second kappa shape index (κ2) is 12.9. The molecule has 0 saturated carbocycles. The number of hydrogen-bond donors (Lipinski definition) is 2. The number of rotatable bonds is 11. The Morgan fingerprint density at radius 1 is 0.826 bits per heavy atom. The topological polar surface area (TPSA) is 106 Å². The molecule has 4 aromatic carbocycles. The van der Waals surface area contributed by atoms with Gasteiger partial charge in [0, 0.05) is 17.7 Å². The molecule has 6 rings (SSSR count). The molecule has 0 aliphatic carbocycles. The first-order valence-electron chi connectivity index (χ1n) is 15.1. The molecule has 236 valence electrons. The molecule has 9 heteroatoms. The summed E-state index contributed by atoms with van der Waals surface area (Å²) < 4.78 is 22.8. The van der Waals surface area contributed by atoms with Gasteiger partial charge in [-0.1, -0.05) is 48.5 Å². The molecule has 5 aromatic rings. The maximum Gasteiger partial charge on any atom is 0.273 e. The van der Waals surface area contributed by atoms with E-state index in [0.717, 1.165) is 27.8 Å². The van der Waals surface area contributed by atoms with Crippen LogP contribution in [0, 0.1) is 13.8 Å². The van der Waals surface area contributed by atoms with Crippen molar-refractivity contribution in [3.05, 3.63) is 118 Å². The van der Waals surface area contributed by atoms with Crippen LogP contribution < -0.4 is 18.9 Å². The standard InChI is InChI=1S/C37H37N3O6/c1-22-17-23(2)36(41)27(18-22)33-32-34(39-38-33)37(42)40(16-15-24-11-13-28(43-3)30(19-24)44-4)35(32)26-12-14-29(31(20-26)45-5)46-21-25-9-7-6-8-10-25/h6-14,17-20,35,41H,15-16,21H2,1-5H3,(H,38,39). The quantitative estimate of drug-likeness (QED) is 0.168. The second-order valence-electron chi connectivity index (χ2n) is 11.4. The smallest absolute Gasteiger partial charge is 0.273 e. The van der Waals surface area contributed by atoms with E-state index in [1.807, 2.05) is 97.6 Å². The van der Waals surface area contributed by atoms with Crippen LogP contribution in [0.1, 0.15) is 49.9 Å². The van der Waals surface area contributed by atoms with Crippen molar-refractivity contribution in [1.82, 2.24) is 15.1 Å². The highest BCUT2D eigenvalue weighted by atomic mass is 16.5. The van der Waals surface area contributed by atoms with Gasteiger partial charge in [-0.05, 0) is 78.4 Å². The Hall–Kier alpha value is -5.44. The molecule has 0 bridgehead atoms. The number of aryl methyl sites for hydroxylation is 2. The molecule has 1 unspecified atom stereocenters. The van der Waals surface area contributed by atoms with E-state index in [0.29, 0.717) is 65.1 Å². The minimum absolute atomic E-state index is 0.136. The van der Waals surface area contributed by atoms with Gasteiger partial charge in [0.25, 0.3) is 5.91 Å². The lowest BCUT2D eigenvalue weighted by molar-refractivity contribution is 0.0745. The van der Waals surface area contributed by atoms with Crippen LogP contribution in [0.4, 0.5) is 0 Å². The normalized spacial score (nSPS) is 13.9. The number of phenolic OH excluding ortho intramolecular Hbond substituents is 1. The lowest BCUT2D eigenvalue weighted by Gasteiger charge is -2.27. The van der Waals surface area contributed by atoms with Crippen LogP contribution in [-0.4, -0.2) is 54.0 Å². The van der Waals surface area contributed by atoms with Crippen LogP contribution in [0.25, 0.3) is 11.3 Å². The van der Waals surface area contributed by atoms with Crippen molar-refractivity contribution >= 4 is 5.91 Å². The predicted molar refractivity (Wildman–Crippen MR) is 175 cm³/mol. The number of methoxy groups -OCH3 is 3. The Morgan fingerprint density at radius 3 is 2.28 bits per heavy atom. The van der Waals surface area contributed by atoms with Crippen LogP contribution >= 0.6 is 0 Å². The van der Waals surface area contributed by atoms with Crippen molar-refractivity contribution in [3.63, 3.8) is 0 Å². The number of aromatic amines is 1. The summed E-state index contributed by atoms with van der Waals surface area (Å²) in [4.78, 5) is 15.9. The molecule has 1 aliphatic rings. The first kappa shape index (κ1) is 30.6. The van der Waals surface area contributed by atoms with Gasteiger partial charge in [-0.25, -0.2) is 0 Å². The number of nitrogens with zero attached hydrogens (tertiary/aromatic N) is 2. The number of benzene rings is 4. The van der Waals surface area contributed by atoms with E-state index in [1.54, 1.807) is 21.3 Å². The van der Waals surface area contributed by atoms with Crippen molar-refractivity contribution in [2.24, 2.45) is 0 Å². The molecule has 9 nitrogen and oxygen atoms in total. The molecule has 0 radical (unpaired) electrons. The molecule has 1 atom stereocenters. The number of carbonyl (C=O) groups is 1. The second-order valence-corrected chi connectivity index (χ2v) is 11.4. The average Bonchev–Trinajstić information content (AvgIpc) is 3.62. The fraction of sp³-hybridized carbons (Fsp3) is 0.243. The van der Waals surface area contributed by atoms with Gasteiger partial charge in [-0.2, -0.15) is 5.10 Å². The molecule has 2 N–H and O–H groups in total. The van der Waals surface area contributed by atoms with E-state index in [2.05, 4.69) is 10.2 Å². The van der Waals surface area contributed by atoms with E-state index in [-0.39, 0.29) is 11.7 Å². The highest BCUT2D eigenvalue weighted by molar-refractivity contribution is 6.00. The van der Waals surface area contributed by atoms with Gasteiger partial charge in [0.05, 0.1) is 27.4 Å². The zero-order chi connectivity index (χ0) is 32.4. The summed E-state index contributed by atoms with van der Waals surface area (Å²) in [6.07, 6.45) is 0.569. The highest BCUT2D eigenvalue weighted by Crippen LogP contribution is 2.46. The molecule has 0 fully saturated rings. The van der Waals surface area contributed by atoms with Crippen molar-refractivity contribution in [3.8, 4) is 40.0 Å². The zero-order valence-electron chi connectivity index (χ0n) is 26.6. The summed E-state index contributed by atoms with van der Waals surface area (Å²) in [5.74, 6) is 2.37. The Kier molecular flexibility index (Phi) is 8.57. The minimum atomic E-state index is -0.506. The number of hydrogen-bond acceptors (Lipinski definition) is 7. The van der Waals surface area contributed by atoms with Gasteiger partial charge >= 0.3 is 0 Å². The van der Waals surface area contributed by atoms with Crippen LogP contribution in [0.15, 0.2) is 78.9 Å². The molecule has 1 aliphatic heterocycles. The lowest BCUT2D eigenvalue weighted by atomic mass is 9.93. The summed E-state index contributed by atoms with van der Waals surface area (Å²) in [5, 5.41) is 18.7. The van der Waals surface area contributed by atoms with Crippen molar-refractivity contribution in [2.75, 3.05) is 27.9 Å². The Labute approximate surface area is 268 Å². The first-order valence-corrected chi connectivity index (χ1v) is 15.1. The van der Waals surface area contributed by atoms with E-state index in [9.17, 15) is 9.90 Å². The maximum atomic E-state index is 14.1. The Balaban J connectivity index is 1.40. The van der Waals surface area contributed by atoms with Gasteiger partial charge in [-0.15, -0.1) is 0 Å². The molecule has 46 heavy (non-hydrogen) atoms. The number of nitrogens with one attached hydrogen (secondary N) is 1. The average molecular weight is 620 g/mol. The summed E-state index contributed by atoms with van der Waals surface area (Å²) in [6.45, 7) is 4.63. The summed E-state index contributed by atoms with van der Waals surface area (Å²) >= 11 is 0. The van der Waals surface area contributed by atoms with Crippen molar-refractivity contribution < 1.29 is 28.8 Å². The SMILES string of the molecule is COc1ccc(CCN2C(=O)c3[nH]nc(-c4cc(C)cc(C)c4O)c3C2c2ccc(OCc3ccccc3)c(OC)c2)cc1OC. The molecule has 1 amide bonds. The van der Waals surface area contributed by atoms with Crippen LogP contribution in [0.5, 0.6) is 28.7 Å². The van der Waals surface area contributed by atoms with Crippen LogP contribution in [0.3, 0.4) is 0 Å². The summed E-state index contributed by atoms with van der Waals surface area (Å²) in [7, 11) is 4.81. The number of amides is 1. The number of aromatic hydroxyl groups is 1. The fourth-order valence-corrected chi connectivity index (χ4v) is 6.11. The van der Waals surface area contributed by atoms with Crippen molar-refractivity contribution in [1.29, 1.82) is 0 Å². The molecule has 1 aromatic heterocycles. The van der Waals surface area contributed by atoms with Crippen LogP contribution in [-0.2, 0) is 13.0 Å². The molecule has 0 spiro atoms. The number of ether oxygens (including phenoxy) is 4. The summed E-state index contributed by atoms with van der Waals surface area (Å²) in [6, 6.07) is 24.7. The van der Waals surface area contributed by atoms with Gasteiger partial charge < -0.3 is 29.0 Å². The van der Waals surface area contributed by atoms with E-state index in [4.69, 9.17) is 18.9 Å². The van der Waals surface area contributed by atoms with E-state index in [1.165, 1.54) is 0 Å². The lowest BCUT2D eigenvalue weighted by Crippen LogP contribution is -2.31. The number of carbonyl (C=O) groups excluding carboxylic acids is 1. The number of fused-ring (bicyclic) bond motifs is 1. The third-order valence-electron chi connectivity index (χ3n) is 8.39. The Morgan fingerprint density at radius 2 is 1.54 bits per heavy atom. The fourth-order valence-electron chi connectivity index (χ4n) is 6.11. The molecule has 0 saturated heterocycles. The molecule has 2 heterocycles. The largest absolute Gasteiger partial charge is 0.507 e. The summed E-state index contributed by atoms with van der Waals surface area (Å²) in [5.41, 5.74) is 6.79. The number of H-pyrrole nitrogens is 1. The predicted octanol–water partition coefficient (Wildman–Crippen LogP) is 6.79. The highest BCUT2D eigenvalue weighted by Gasteiger charge is 2.42. The van der Waals surface area contributed by atoms with E-state index < -0.39 is 6.04 Å². The maximum absolute atomic E-state index is 14.1. The third-order valence-corrected chi connectivity index (χ3v) is 8.39. The Bertz CT molecular complexity index is 1880. The zero-order valence-corrected chi connectivity index (χ0v) is 26.6. The number of aromatic nitrogens is 2. The third kappa shape index (κ3) is 5.72. The molecular weight excluding hydrogens is 582 g/mol. The van der Waals surface area contributed by atoms with Gasteiger partial charge in [0.2, 0.25) is 0 Å².